The average molecular weight is 191 g/mol. The first kappa shape index (κ1) is 8.55. The normalized spacial score (nSPS) is 17.2. The van der Waals surface area contributed by atoms with Gasteiger partial charge in [-0.25, -0.2) is 4.98 Å². The fourth-order valence-corrected chi connectivity index (χ4v) is 1.35. The van der Waals surface area contributed by atoms with Gasteiger partial charge in [0.05, 0.1) is 5.69 Å². The molecule has 13 heavy (non-hydrogen) atoms. The number of fused-ring (bicyclic) bond motifs is 1. The van der Waals surface area contributed by atoms with E-state index in [0.29, 0.717) is 30.9 Å². The molecular weight excluding hydrogens is 183 g/mol. The highest BCUT2D eigenvalue weighted by Crippen LogP contribution is 2.28. The lowest BCUT2D eigenvalue weighted by molar-refractivity contribution is -0.144. The van der Waals surface area contributed by atoms with Crippen LogP contribution in [0.25, 0.3) is 0 Å². The molecule has 1 aromatic heterocycles. The Labute approximate surface area is 72.4 Å². The number of nitrogens with one attached hydrogen (secondary N) is 2. The monoisotopic (exact) mass is 191 g/mol. The van der Waals surface area contributed by atoms with Crippen molar-refractivity contribution in [1.82, 2.24) is 15.3 Å². The molecule has 0 bridgehead atoms. The van der Waals surface area contributed by atoms with Gasteiger partial charge in [-0.3, -0.25) is 0 Å². The fourth-order valence-electron chi connectivity index (χ4n) is 1.35. The van der Waals surface area contributed by atoms with Gasteiger partial charge in [0.2, 0.25) is 5.82 Å². The number of hydrogen-bond acceptors (Lipinski definition) is 2. The van der Waals surface area contributed by atoms with Gasteiger partial charge in [0.25, 0.3) is 0 Å². The van der Waals surface area contributed by atoms with Crippen molar-refractivity contribution in [2.24, 2.45) is 0 Å². The van der Waals surface area contributed by atoms with E-state index in [0.717, 1.165) is 0 Å². The molecule has 2 N–H and O–H groups in total. The van der Waals surface area contributed by atoms with Crippen LogP contribution in [0.2, 0.25) is 0 Å². The zero-order valence-electron chi connectivity index (χ0n) is 6.70. The summed E-state index contributed by atoms with van der Waals surface area (Å²) >= 11 is 0. The summed E-state index contributed by atoms with van der Waals surface area (Å²) in [6.07, 6.45) is -3.78. The van der Waals surface area contributed by atoms with E-state index in [-0.39, 0.29) is 0 Å². The van der Waals surface area contributed by atoms with Crippen LogP contribution in [0.4, 0.5) is 13.2 Å². The Kier molecular flexibility index (Phi) is 1.80. The van der Waals surface area contributed by atoms with Gasteiger partial charge in [0, 0.05) is 25.2 Å². The summed E-state index contributed by atoms with van der Waals surface area (Å²) in [5.74, 6) is -0.888. The summed E-state index contributed by atoms with van der Waals surface area (Å²) in [4.78, 5) is 5.78. The summed E-state index contributed by atoms with van der Waals surface area (Å²) in [7, 11) is 0. The molecule has 0 aromatic carbocycles. The lowest BCUT2D eigenvalue weighted by Gasteiger charge is -2.09. The van der Waals surface area contributed by atoms with E-state index < -0.39 is 12.0 Å². The number of hydrogen-bond donors (Lipinski definition) is 2. The topological polar surface area (TPSA) is 40.7 Å². The summed E-state index contributed by atoms with van der Waals surface area (Å²) in [6, 6.07) is 0. The number of aromatic nitrogens is 2. The van der Waals surface area contributed by atoms with Crippen molar-refractivity contribution in [3.8, 4) is 0 Å². The maximum absolute atomic E-state index is 12.2. The zero-order chi connectivity index (χ0) is 9.47. The highest BCUT2D eigenvalue weighted by molar-refractivity contribution is 5.18. The Morgan fingerprint density at radius 3 is 2.69 bits per heavy atom. The molecule has 0 spiro atoms. The van der Waals surface area contributed by atoms with E-state index in [1.807, 2.05) is 0 Å². The Morgan fingerprint density at radius 2 is 2.08 bits per heavy atom. The molecule has 6 heteroatoms. The van der Waals surface area contributed by atoms with Crippen molar-refractivity contribution in [1.29, 1.82) is 0 Å². The lowest BCUT2D eigenvalue weighted by Crippen LogP contribution is -2.23. The third-order valence-corrected chi connectivity index (χ3v) is 1.98. The van der Waals surface area contributed by atoms with Gasteiger partial charge in [-0.05, 0) is 0 Å². The molecule has 72 valence electrons. The minimum Gasteiger partial charge on any atom is -0.338 e. The van der Waals surface area contributed by atoms with Crippen LogP contribution >= 0.6 is 0 Å². The van der Waals surface area contributed by atoms with Crippen molar-refractivity contribution in [3.63, 3.8) is 0 Å². The maximum atomic E-state index is 12.2. The SMILES string of the molecule is FC(F)(F)c1nc2c([nH]1)CCNC2. The zero-order valence-corrected chi connectivity index (χ0v) is 6.70. The second-order valence-corrected chi connectivity index (χ2v) is 2.94. The van der Waals surface area contributed by atoms with Crippen LogP contribution in [0.5, 0.6) is 0 Å². The number of rotatable bonds is 0. The van der Waals surface area contributed by atoms with Gasteiger partial charge in [-0.1, -0.05) is 0 Å². The van der Waals surface area contributed by atoms with Crippen molar-refractivity contribution in [2.45, 2.75) is 19.1 Å². The first-order chi connectivity index (χ1) is 6.07. The second-order valence-electron chi connectivity index (χ2n) is 2.94. The highest BCUT2D eigenvalue weighted by atomic mass is 19.4. The number of nitrogens with zero attached hydrogens (tertiary/aromatic N) is 1. The molecule has 2 heterocycles. The average Bonchev–Trinajstić information content (AvgIpc) is 2.45. The van der Waals surface area contributed by atoms with Gasteiger partial charge in [0.15, 0.2) is 0 Å². The van der Waals surface area contributed by atoms with Crippen LogP contribution in [-0.4, -0.2) is 16.5 Å². The minimum absolute atomic E-state index is 0.419. The second kappa shape index (κ2) is 2.73. The number of H-pyrrole nitrogens is 1. The van der Waals surface area contributed by atoms with Crippen LogP contribution in [0.15, 0.2) is 0 Å². The Balaban J connectivity index is 2.36. The largest absolute Gasteiger partial charge is 0.449 e. The fraction of sp³-hybridized carbons (Fsp3) is 0.571. The third-order valence-electron chi connectivity index (χ3n) is 1.98. The van der Waals surface area contributed by atoms with E-state index in [4.69, 9.17) is 0 Å². The van der Waals surface area contributed by atoms with Gasteiger partial charge in [-0.2, -0.15) is 13.2 Å². The van der Waals surface area contributed by atoms with Crippen LogP contribution in [0.1, 0.15) is 17.2 Å². The highest BCUT2D eigenvalue weighted by Gasteiger charge is 2.35. The molecule has 1 aliphatic rings. The quantitative estimate of drug-likeness (QED) is 0.644. The van der Waals surface area contributed by atoms with Crippen molar-refractivity contribution < 1.29 is 13.2 Å². The first-order valence-electron chi connectivity index (χ1n) is 3.93. The van der Waals surface area contributed by atoms with Crippen LogP contribution in [0, 0.1) is 0 Å². The van der Waals surface area contributed by atoms with Crippen molar-refractivity contribution in [3.05, 3.63) is 17.2 Å². The molecule has 0 fully saturated rings. The summed E-state index contributed by atoms with van der Waals surface area (Å²) in [6.45, 7) is 1.12. The number of alkyl halides is 3. The van der Waals surface area contributed by atoms with Crippen LogP contribution < -0.4 is 5.32 Å². The van der Waals surface area contributed by atoms with E-state index in [1.165, 1.54) is 0 Å². The Hall–Kier alpha value is -1.04. The third kappa shape index (κ3) is 1.53. The predicted molar refractivity (Wildman–Crippen MR) is 39.0 cm³/mol. The number of halogens is 3. The molecule has 2 rings (SSSR count). The summed E-state index contributed by atoms with van der Waals surface area (Å²) < 4.78 is 36.5. The molecule has 0 atom stereocenters. The number of imidazole rings is 1. The van der Waals surface area contributed by atoms with Gasteiger partial charge in [0.1, 0.15) is 0 Å². The Bertz CT molecular complexity index is 292. The number of aromatic amines is 1. The van der Waals surface area contributed by atoms with E-state index >= 15 is 0 Å². The molecule has 0 aliphatic carbocycles. The van der Waals surface area contributed by atoms with Crippen LogP contribution in [-0.2, 0) is 19.1 Å². The molecule has 3 nitrogen and oxygen atoms in total. The molecule has 0 amide bonds. The molecule has 0 saturated carbocycles. The molecular formula is C7H8F3N3. The van der Waals surface area contributed by atoms with Gasteiger partial charge in [-0.15, -0.1) is 0 Å². The smallest absolute Gasteiger partial charge is 0.338 e. The maximum Gasteiger partial charge on any atom is 0.449 e. The molecule has 1 aromatic rings. The molecule has 0 saturated heterocycles. The van der Waals surface area contributed by atoms with Crippen LogP contribution in [0.3, 0.4) is 0 Å². The molecule has 1 aliphatic heterocycles. The van der Waals surface area contributed by atoms with Crippen molar-refractivity contribution >= 4 is 0 Å². The van der Waals surface area contributed by atoms with Crippen molar-refractivity contribution in [2.75, 3.05) is 6.54 Å². The summed E-state index contributed by atoms with van der Waals surface area (Å²) in [5.41, 5.74) is 1.09. The van der Waals surface area contributed by atoms with E-state index in [2.05, 4.69) is 15.3 Å². The first-order valence-corrected chi connectivity index (χ1v) is 3.93. The predicted octanol–water partition coefficient (Wildman–Crippen LogP) is 1.07. The Morgan fingerprint density at radius 1 is 1.31 bits per heavy atom. The van der Waals surface area contributed by atoms with E-state index in [9.17, 15) is 13.2 Å². The standard InChI is InChI=1S/C7H8F3N3/c8-7(9,10)6-12-4-1-2-11-3-5(4)13-6/h11H,1-3H2,(H,12,13). The van der Waals surface area contributed by atoms with E-state index in [1.54, 1.807) is 0 Å². The minimum atomic E-state index is -4.36. The van der Waals surface area contributed by atoms with Gasteiger partial charge >= 0.3 is 6.18 Å². The lowest BCUT2D eigenvalue weighted by atomic mass is 10.2. The molecule has 0 unspecified atom stereocenters. The summed E-state index contributed by atoms with van der Waals surface area (Å²) in [5, 5.41) is 2.96. The molecule has 0 radical (unpaired) electrons. The van der Waals surface area contributed by atoms with Gasteiger partial charge < -0.3 is 10.3 Å².